The van der Waals surface area contributed by atoms with Crippen LogP contribution in [0.5, 0.6) is 0 Å². The van der Waals surface area contributed by atoms with Gasteiger partial charge in [0.2, 0.25) is 0 Å². The van der Waals surface area contributed by atoms with Crippen LogP contribution in [0, 0.1) is 0 Å². The number of fused-ring (bicyclic) bond motifs is 2. The normalized spacial score (nSPS) is 15.4. The topological polar surface area (TPSA) is 99.3 Å². The highest BCUT2D eigenvalue weighted by molar-refractivity contribution is 5.95. The van der Waals surface area contributed by atoms with E-state index in [2.05, 4.69) is 48.8 Å². The van der Waals surface area contributed by atoms with E-state index in [9.17, 15) is 0 Å². The number of rotatable bonds is 7. The maximum absolute atomic E-state index is 5.03. The molecule has 1 aliphatic rings. The Labute approximate surface area is 221 Å². The van der Waals surface area contributed by atoms with Gasteiger partial charge in [0, 0.05) is 30.7 Å². The molecule has 0 saturated carbocycles. The minimum atomic E-state index is 0.647. The molecule has 0 atom stereocenters. The maximum Gasteiger partial charge on any atom is 0.161 e. The van der Waals surface area contributed by atoms with Gasteiger partial charge in [-0.3, -0.25) is 20.0 Å². The summed E-state index contributed by atoms with van der Waals surface area (Å²) >= 11 is 0. The summed E-state index contributed by atoms with van der Waals surface area (Å²) in [5, 5.41) is 7.69. The molecule has 0 unspecified atom stereocenters. The van der Waals surface area contributed by atoms with Gasteiger partial charge in [0.1, 0.15) is 5.52 Å². The monoisotopic (exact) mass is 502 g/mol. The molecule has 6 rings (SSSR count). The molecule has 1 aliphatic heterocycles. The highest BCUT2D eigenvalue weighted by Crippen LogP contribution is 2.31. The lowest BCUT2D eigenvalue weighted by atomic mass is 10.0. The van der Waals surface area contributed by atoms with E-state index in [0.29, 0.717) is 11.5 Å². The van der Waals surface area contributed by atoms with Gasteiger partial charge in [-0.1, -0.05) is 25.2 Å². The van der Waals surface area contributed by atoms with Crippen molar-refractivity contribution < 1.29 is 0 Å². The van der Waals surface area contributed by atoms with Gasteiger partial charge >= 0.3 is 0 Å². The van der Waals surface area contributed by atoms with Crippen molar-refractivity contribution in [2.45, 2.75) is 26.2 Å². The minimum Gasteiger partial charge on any atom is -0.335 e. The molecule has 0 amide bonds. The van der Waals surface area contributed by atoms with E-state index in [-0.39, 0.29) is 0 Å². The highest BCUT2D eigenvalue weighted by Gasteiger charge is 2.18. The SMILES string of the molecule is C=C/C(=C\C(=C/C)c1ccc2[nH]nc(-c3nc4c(-c5ccncc5)cncc4[nH]3)c2n1)CN1CCCCC1. The molecule has 0 bridgehead atoms. The number of H-pyrrole nitrogens is 2. The maximum atomic E-state index is 5.03. The molecule has 38 heavy (non-hydrogen) atoms. The number of hydrogen-bond acceptors (Lipinski definition) is 6. The van der Waals surface area contributed by atoms with Crippen molar-refractivity contribution in [2.75, 3.05) is 19.6 Å². The predicted octanol–water partition coefficient (Wildman–Crippen LogP) is 5.96. The molecule has 6 heterocycles. The summed E-state index contributed by atoms with van der Waals surface area (Å²) in [7, 11) is 0. The molecule has 0 spiro atoms. The van der Waals surface area contributed by atoms with Gasteiger partial charge in [0.05, 0.1) is 28.4 Å². The molecule has 1 fully saturated rings. The van der Waals surface area contributed by atoms with Gasteiger partial charge in [0.25, 0.3) is 0 Å². The third kappa shape index (κ3) is 4.66. The zero-order valence-corrected chi connectivity index (χ0v) is 21.5. The number of pyridine rings is 3. The van der Waals surface area contributed by atoms with E-state index in [1.54, 1.807) is 18.6 Å². The molecule has 0 aliphatic carbocycles. The van der Waals surface area contributed by atoms with Crippen molar-refractivity contribution in [3.05, 3.63) is 85.1 Å². The van der Waals surface area contributed by atoms with Gasteiger partial charge in [-0.2, -0.15) is 5.10 Å². The summed E-state index contributed by atoms with van der Waals surface area (Å²) in [5.74, 6) is 0.647. The Morgan fingerprint density at radius 3 is 2.61 bits per heavy atom. The lowest BCUT2D eigenvalue weighted by molar-refractivity contribution is 0.248. The summed E-state index contributed by atoms with van der Waals surface area (Å²) in [6.45, 7) is 9.32. The first-order valence-electron chi connectivity index (χ1n) is 13.0. The Kier molecular flexibility index (Phi) is 6.62. The summed E-state index contributed by atoms with van der Waals surface area (Å²) < 4.78 is 0. The van der Waals surface area contributed by atoms with E-state index in [1.807, 2.05) is 43.5 Å². The Balaban J connectivity index is 1.36. The van der Waals surface area contributed by atoms with E-state index < -0.39 is 0 Å². The number of hydrogen-bond donors (Lipinski definition) is 2. The molecular weight excluding hydrogens is 472 g/mol. The molecule has 8 nitrogen and oxygen atoms in total. The summed E-state index contributed by atoms with van der Waals surface area (Å²) in [5.41, 5.74) is 9.06. The molecule has 1 saturated heterocycles. The summed E-state index contributed by atoms with van der Waals surface area (Å²) in [4.78, 5) is 24.4. The first-order valence-corrected chi connectivity index (χ1v) is 13.0. The van der Waals surface area contributed by atoms with Crippen molar-refractivity contribution in [1.82, 2.24) is 40.0 Å². The van der Waals surface area contributed by atoms with E-state index >= 15 is 0 Å². The first kappa shape index (κ1) is 23.9. The summed E-state index contributed by atoms with van der Waals surface area (Å²) in [6, 6.07) is 7.97. The number of nitrogens with zero attached hydrogens (tertiary/aromatic N) is 6. The van der Waals surface area contributed by atoms with Crippen LogP contribution in [0.25, 0.3) is 50.3 Å². The van der Waals surface area contributed by atoms with Crippen LogP contribution in [-0.2, 0) is 0 Å². The van der Waals surface area contributed by atoms with Crippen LogP contribution in [0.3, 0.4) is 0 Å². The Morgan fingerprint density at radius 1 is 0.974 bits per heavy atom. The quantitative estimate of drug-likeness (QED) is 0.266. The molecular formula is C30H30N8. The third-order valence-electron chi connectivity index (χ3n) is 7.08. The molecule has 5 aromatic heterocycles. The fraction of sp³-hybridized carbons (Fsp3) is 0.233. The predicted molar refractivity (Wildman–Crippen MR) is 152 cm³/mol. The van der Waals surface area contributed by atoms with Gasteiger partial charge in [-0.05, 0) is 79.9 Å². The van der Waals surface area contributed by atoms with Gasteiger partial charge in [-0.15, -0.1) is 0 Å². The van der Waals surface area contributed by atoms with Crippen molar-refractivity contribution in [3.8, 4) is 22.6 Å². The third-order valence-corrected chi connectivity index (χ3v) is 7.08. The van der Waals surface area contributed by atoms with E-state index in [1.165, 1.54) is 24.8 Å². The van der Waals surface area contributed by atoms with Crippen LogP contribution < -0.4 is 0 Å². The fourth-order valence-electron chi connectivity index (χ4n) is 5.06. The zero-order valence-electron chi connectivity index (χ0n) is 21.5. The van der Waals surface area contributed by atoms with Gasteiger partial charge < -0.3 is 4.98 Å². The second kappa shape index (κ2) is 10.5. The molecule has 2 N–H and O–H groups in total. The number of allylic oxidation sites excluding steroid dienone is 3. The average molecular weight is 503 g/mol. The average Bonchev–Trinajstić information content (AvgIpc) is 3.60. The smallest absolute Gasteiger partial charge is 0.161 e. The van der Waals surface area contributed by atoms with Crippen LogP contribution in [-0.4, -0.2) is 59.7 Å². The number of aromatic nitrogens is 7. The number of piperidine rings is 1. The van der Waals surface area contributed by atoms with Crippen molar-refractivity contribution >= 4 is 27.6 Å². The number of aromatic amines is 2. The van der Waals surface area contributed by atoms with Crippen LogP contribution in [0.15, 0.2) is 79.4 Å². The van der Waals surface area contributed by atoms with Crippen LogP contribution in [0.4, 0.5) is 0 Å². The van der Waals surface area contributed by atoms with Gasteiger partial charge in [0.15, 0.2) is 11.5 Å². The second-order valence-corrected chi connectivity index (χ2v) is 9.57. The Hall–Kier alpha value is -4.43. The number of imidazole rings is 1. The largest absolute Gasteiger partial charge is 0.335 e. The zero-order chi connectivity index (χ0) is 25.9. The van der Waals surface area contributed by atoms with Crippen LogP contribution >= 0.6 is 0 Å². The number of nitrogens with one attached hydrogen (secondary N) is 2. The van der Waals surface area contributed by atoms with E-state index in [4.69, 9.17) is 9.97 Å². The highest BCUT2D eigenvalue weighted by atomic mass is 15.2. The molecule has 8 heteroatoms. The standard InChI is InChI=1S/C30H30N8/c1-3-20(19-38-14-6-5-7-15-38)16-21(4-2)24-8-9-25-28(33-24)29(37-36-25)30-34-26-18-32-17-23(27(26)35-30)22-10-12-31-13-11-22/h3-4,8-13,16-18H,1,5-7,14-15,19H2,2H3,(H,34,35)(H,36,37)/b20-16+,21-4+. The molecule has 0 radical (unpaired) electrons. The van der Waals surface area contributed by atoms with Gasteiger partial charge in [-0.25, -0.2) is 9.97 Å². The van der Waals surface area contributed by atoms with Crippen molar-refractivity contribution in [2.24, 2.45) is 0 Å². The molecule has 5 aromatic rings. The van der Waals surface area contributed by atoms with Crippen LogP contribution in [0.1, 0.15) is 31.9 Å². The number of likely N-dealkylation sites (tertiary alicyclic amines) is 1. The van der Waals surface area contributed by atoms with Crippen molar-refractivity contribution in [3.63, 3.8) is 0 Å². The van der Waals surface area contributed by atoms with E-state index in [0.717, 1.165) is 64.1 Å². The Bertz CT molecular complexity index is 1650. The molecule has 0 aromatic carbocycles. The fourth-order valence-corrected chi connectivity index (χ4v) is 5.06. The lowest BCUT2D eigenvalue weighted by Crippen LogP contribution is -2.31. The van der Waals surface area contributed by atoms with Crippen molar-refractivity contribution in [1.29, 1.82) is 0 Å². The Morgan fingerprint density at radius 2 is 1.82 bits per heavy atom. The second-order valence-electron chi connectivity index (χ2n) is 9.57. The lowest BCUT2D eigenvalue weighted by Gasteiger charge is -2.26. The minimum absolute atomic E-state index is 0.647. The molecule has 190 valence electrons. The van der Waals surface area contributed by atoms with Crippen LogP contribution in [0.2, 0.25) is 0 Å². The first-order chi connectivity index (χ1) is 18.7. The summed E-state index contributed by atoms with van der Waals surface area (Å²) in [6.07, 6.45) is 17.3.